The Bertz CT molecular complexity index is 901. The summed E-state index contributed by atoms with van der Waals surface area (Å²) in [6, 6.07) is 16.2. The molecule has 1 saturated heterocycles. The molecule has 2 aromatic carbocycles. The minimum Gasteiger partial charge on any atom is -0.476 e. The summed E-state index contributed by atoms with van der Waals surface area (Å²) in [6.45, 7) is 2.10. The average molecular weight is 423 g/mol. The van der Waals surface area contributed by atoms with Gasteiger partial charge in [-0.3, -0.25) is 15.0 Å². The molecule has 4 N–H and O–H groups in total. The van der Waals surface area contributed by atoms with Crippen LogP contribution in [0.2, 0.25) is 0 Å². The Balaban J connectivity index is 1.56. The summed E-state index contributed by atoms with van der Waals surface area (Å²) in [5.41, 5.74) is 6.85. The zero-order valence-electron chi connectivity index (χ0n) is 17.7. The SMILES string of the molecule is N=C(N)c1cccc(OC(C(=O)NCCCCN2CCCCC2=O)c2ccccc2)c1. The highest BCUT2D eigenvalue weighted by atomic mass is 16.5. The third-order valence-electron chi connectivity index (χ3n) is 5.31. The number of unbranched alkanes of at least 4 members (excludes halogenated alkanes) is 1. The number of carbonyl (C=O) groups is 2. The summed E-state index contributed by atoms with van der Waals surface area (Å²) in [6.07, 6.45) is 3.54. The molecule has 0 spiro atoms. The van der Waals surface area contributed by atoms with Gasteiger partial charge in [-0.25, -0.2) is 0 Å². The van der Waals surface area contributed by atoms with Gasteiger partial charge in [0.25, 0.3) is 5.91 Å². The van der Waals surface area contributed by atoms with E-state index in [9.17, 15) is 9.59 Å². The molecule has 0 bridgehead atoms. The molecule has 0 radical (unpaired) electrons. The van der Waals surface area contributed by atoms with E-state index in [4.69, 9.17) is 15.9 Å². The van der Waals surface area contributed by atoms with Crippen molar-refractivity contribution in [2.75, 3.05) is 19.6 Å². The molecule has 0 saturated carbocycles. The first-order valence-corrected chi connectivity index (χ1v) is 10.8. The molecule has 1 aliphatic heterocycles. The van der Waals surface area contributed by atoms with Crippen molar-refractivity contribution in [1.82, 2.24) is 10.2 Å². The van der Waals surface area contributed by atoms with Crippen molar-refractivity contribution in [2.45, 2.75) is 38.2 Å². The quantitative estimate of drug-likeness (QED) is 0.311. The number of nitrogens with zero attached hydrogens (tertiary/aromatic N) is 1. The van der Waals surface area contributed by atoms with Crippen LogP contribution in [0.4, 0.5) is 0 Å². The topological polar surface area (TPSA) is 109 Å². The highest BCUT2D eigenvalue weighted by Crippen LogP contribution is 2.23. The number of hydrogen-bond donors (Lipinski definition) is 3. The van der Waals surface area contributed by atoms with E-state index >= 15 is 0 Å². The first kappa shape index (κ1) is 22.3. The molecule has 1 fully saturated rings. The van der Waals surface area contributed by atoms with Gasteiger partial charge < -0.3 is 20.7 Å². The number of carbonyl (C=O) groups excluding carboxylic acids is 2. The molecular formula is C24H30N4O3. The van der Waals surface area contributed by atoms with E-state index in [-0.39, 0.29) is 17.6 Å². The molecule has 3 rings (SSSR count). The third-order valence-corrected chi connectivity index (χ3v) is 5.31. The third kappa shape index (κ3) is 6.57. The molecular weight excluding hydrogens is 392 g/mol. The molecule has 2 amide bonds. The molecule has 164 valence electrons. The van der Waals surface area contributed by atoms with E-state index in [0.717, 1.165) is 44.3 Å². The van der Waals surface area contributed by atoms with Gasteiger partial charge in [0.05, 0.1) is 0 Å². The molecule has 1 unspecified atom stereocenters. The molecule has 31 heavy (non-hydrogen) atoms. The van der Waals surface area contributed by atoms with Gasteiger partial charge in [-0.15, -0.1) is 0 Å². The lowest BCUT2D eigenvalue weighted by Crippen LogP contribution is -2.36. The lowest BCUT2D eigenvalue weighted by atomic mass is 10.1. The van der Waals surface area contributed by atoms with Crippen LogP contribution in [0.5, 0.6) is 5.75 Å². The monoisotopic (exact) mass is 422 g/mol. The minimum absolute atomic E-state index is 0.0571. The predicted molar refractivity (Wildman–Crippen MR) is 120 cm³/mol. The van der Waals surface area contributed by atoms with E-state index in [2.05, 4.69) is 5.32 Å². The first-order valence-electron chi connectivity index (χ1n) is 10.8. The van der Waals surface area contributed by atoms with E-state index in [0.29, 0.717) is 24.3 Å². The fourth-order valence-electron chi connectivity index (χ4n) is 3.60. The number of hydrogen-bond acceptors (Lipinski definition) is 4. The van der Waals surface area contributed by atoms with Gasteiger partial charge in [0.1, 0.15) is 11.6 Å². The van der Waals surface area contributed by atoms with Crippen LogP contribution in [0.3, 0.4) is 0 Å². The van der Waals surface area contributed by atoms with Crippen molar-refractivity contribution < 1.29 is 14.3 Å². The van der Waals surface area contributed by atoms with Crippen molar-refractivity contribution in [2.24, 2.45) is 5.73 Å². The fourth-order valence-corrected chi connectivity index (χ4v) is 3.60. The summed E-state index contributed by atoms with van der Waals surface area (Å²) in [7, 11) is 0. The van der Waals surface area contributed by atoms with Crippen LogP contribution in [-0.4, -0.2) is 42.2 Å². The summed E-state index contributed by atoms with van der Waals surface area (Å²) in [5.74, 6) is 0.424. The van der Waals surface area contributed by atoms with Crippen LogP contribution < -0.4 is 15.8 Å². The maximum Gasteiger partial charge on any atom is 0.265 e. The molecule has 0 aromatic heterocycles. The van der Waals surface area contributed by atoms with Crippen LogP contribution >= 0.6 is 0 Å². The van der Waals surface area contributed by atoms with Crippen molar-refractivity contribution >= 4 is 17.6 Å². The number of benzene rings is 2. The van der Waals surface area contributed by atoms with Crippen LogP contribution in [0.1, 0.15) is 49.3 Å². The number of nitrogens with one attached hydrogen (secondary N) is 2. The average Bonchev–Trinajstić information content (AvgIpc) is 2.79. The van der Waals surface area contributed by atoms with Crippen LogP contribution in [0.15, 0.2) is 54.6 Å². The Kier molecular flexibility index (Phi) is 8.04. The van der Waals surface area contributed by atoms with Crippen molar-refractivity contribution in [3.05, 3.63) is 65.7 Å². The van der Waals surface area contributed by atoms with Crippen LogP contribution in [-0.2, 0) is 9.59 Å². The Morgan fingerprint density at radius 1 is 1.13 bits per heavy atom. The summed E-state index contributed by atoms with van der Waals surface area (Å²) < 4.78 is 6.00. The lowest BCUT2D eigenvalue weighted by molar-refractivity contribution is -0.133. The van der Waals surface area contributed by atoms with Crippen molar-refractivity contribution in [1.29, 1.82) is 5.41 Å². The lowest BCUT2D eigenvalue weighted by Gasteiger charge is -2.26. The predicted octanol–water partition coefficient (Wildman–Crippen LogP) is 3.00. The molecule has 7 nitrogen and oxygen atoms in total. The molecule has 1 atom stereocenters. The largest absolute Gasteiger partial charge is 0.476 e. The Labute approximate surface area is 183 Å². The zero-order valence-corrected chi connectivity index (χ0v) is 17.7. The molecule has 7 heteroatoms. The molecule has 2 aromatic rings. The van der Waals surface area contributed by atoms with E-state index < -0.39 is 6.10 Å². The van der Waals surface area contributed by atoms with E-state index in [1.165, 1.54) is 0 Å². The molecule has 1 heterocycles. The number of piperidine rings is 1. The Morgan fingerprint density at radius 2 is 1.94 bits per heavy atom. The van der Waals surface area contributed by atoms with Gasteiger partial charge in [-0.05, 0) is 37.8 Å². The number of rotatable bonds is 10. The number of amides is 2. The normalized spacial score (nSPS) is 14.7. The summed E-state index contributed by atoms with van der Waals surface area (Å²) in [5, 5.41) is 10.6. The van der Waals surface area contributed by atoms with Crippen LogP contribution in [0, 0.1) is 5.41 Å². The number of amidine groups is 1. The highest BCUT2D eigenvalue weighted by molar-refractivity contribution is 5.95. The standard InChI is InChI=1S/C24H30N4O3/c25-23(26)19-11-8-12-20(17-19)31-22(18-9-2-1-3-10-18)24(30)27-14-5-7-16-28-15-6-4-13-21(28)29/h1-3,8-12,17,22H,4-7,13-16H2,(H3,25,26)(H,27,30). The second-order valence-corrected chi connectivity index (χ2v) is 7.69. The zero-order chi connectivity index (χ0) is 22.1. The Morgan fingerprint density at radius 3 is 2.68 bits per heavy atom. The minimum atomic E-state index is -0.813. The van der Waals surface area contributed by atoms with Crippen LogP contribution in [0.25, 0.3) is 0 Å². The van der Waals surface area contributed by atoms with Gasteiger partial charge >= 0.3 is 0 Å². The summed E-state index contributed by atoms with van der Waals surface area (Å²) >= 11 is 0. The van der Waals surface area contributed by atoms with Crippen molar-refractivity contribution in [3.8, 4) is 5.75 Å². The highest BCUT2D eigenvalue weighted by Gasteiger charge is 2.23. The van der Waals surface area contributed by atoms with Gasteiger partial charge in [0, 0.05) is 37.2 Å². The number of likely N-dealkylation sites (tertiary alicyclic amines) is 1. The maximum atomic E-state index is 12.9. The van der Waals surface area contributed by atoms with Crippen molar-refractivity contribution in [3.63, 3.8) is 0 Å². The fraction of sp³-hybridized carbons (Fsp3) is 0.375. The van der Waals surface area contributed by atoms with Gasteiger partial charge in [0.15, 0.2) is 0 Å². The molecule has 1 aliphatic rings. The van der Waals surface area contributed by atoms with Gasteiger partial charge in [-0.2, -0.15) is 0 Å². The number of nitrogen functional groups attached to an aromatic ring is 1. The van der Waals surface area contributed by atoms with Gasteiger partial charge in [-0.1, -0.05) is 42.5 Å². The number of nitrogens with two attached hydrogens (primary N) is 1. The Hall–Kier alpha value is -3.35. The molecule has 0 aliphatic carbocycles. The number of ether oxygens (including phenoxy) is 1. The maximum absolute atomic E-state index is 12.9. The van der Waals surface area contributed by atoms with Gasteiger partial charge in [0.2, 0.25) is 12.0 Å². The second kappa shape index (κ2) is 11.2. The summed E-state index contributed by atoms with van der Waals surface area (Å²) in [4.78, 5) is 26.7. The van der Waals surface area contributed by atoms with E-state index in [1.807, 2.05) is 35.2 Å². The first-order chi connectivity index (χ1) is 15.0. The smallest absolute Gasteiger partial charge is 0.265 e. The second-order valence-electron chi connectivity index (χ2n) is 7.69. The van der Waals surface area contributed by atoms with E-state index in [1.54, 1.807) is 24.3 Å².